The Bertz CT molecular complexity index is 1410. The summed E-state index contributed by atoms with van der Waals surface area (Å²) in [6.07, 6.45) is 0. The number of fused-ring (bicyclic) bond motifs is 1. The van der Waals surface area contributed by atoms with Crippen molar-refractivity contribution in [3.63, 3.8) is 0 Å². The number of ether oxygens (including phenoxy) is 4. The Labute approximate surface area is 214 Å². The van der Waals surface area contributed by atoms with Crippen molar-refractivity contribution < 1.29 is 33.6 Å². The number of carbonyl (C=O) groups excluding carboxylic acids is 2. The summed E-state index contributed by atoms with van der Waals surface area (Å²) < 4.78 is 22.5. The molecule has 2 aliphatic rings. The maximum atomic E-state index is 13.5. The highest BCUT2D eigenvalue weighted by Crippen LogP contribution is 2.46. The Balaban J connectivity index is 1.70. The van der Waals surface area contributed by atoms with Gasteiger partial charge in [-0.1, -0.05) is 18.2 Å². The summed E-state index contributed by atoms with van der Waals surface area (Å²) in [7, 11) is 1.52. The van der Waals surface area contributed by atoms with E-state index < -0.39 is 17.7 Å². The van der Waals surface area contributed by atoms with E-state index in [1.165, 1.54) is 12.0 Å². The Morgan fingerprint density at radius 1 is 1.00 bits per heavy atom. The zero-order valence-electron chi connectivity index (χ0n) is 20.8. The number of nitrogens with zero attached hydrogens (tertiary/aromatic N) is 1. The minimum Gasteiger partial charge on any atom is -0.507 e. The lowest BCUT2D eigenvalue weighted by Gasteiger charge is -2.28. The number of hydrogen-bond acceptors (Lipinski definition) is 7. The van der Waals surface area contributed by atoms with E-state index in [1.807, 2.05) is 13.8 Å². The maximum absolute atomic E-state index is 13.5. The van der Waals surface area contributed by atoms with Crippen molar-refractivity contribution in [1.82, 2.24) is 0 Å². The molecule has 37 heavy (non-hydrogen) atoms. The van der Waals surface area contributed by atoms with Crippen LogP contribution in [-0.4, -0.2) is 43.7 Å². The van der Waals surface area contributed by atoms with Crippen molar-refractivity contribution in [3.05, 3.63) is 82.9 Å². The smallest absolute Gasteiger partial charge is 0.300 e. The average molecular weight is 502 g/mol. The normalized spacial score (nSPS) is 18.1. The van der Waals surface area contributed by atoms with Gasteiger partial charge in [0.1, 0.15) is 30.5 Å². The van der Waals surface area contributed by atoms with Crippen LogP contribution in [0.3, 0.4) is 0 Å². The molecule has 0 spiro atoms. The molecule has 3 aromatic rings. The van der Waals surface area contributed by atoms with Crippen LogP contribution in [0.5, 0.6) is 23.0 Å². The summed E-state index contributed by atoms with van der Waals surface area (Å²) in [4.78, 5) is 28.4. The van der Waals surface area contributed by atoms with Crippen LogP contribution in [0, 0.1) is 6.92 Å². The topological polar surface area (TPSA) is 94.5 Å². The second kappa shape index (κ2) is 9.89. The molecular formula is C29H27NO7. The number of hydrogen-bond donors (Lipinski definition) is 1. The minimum atomic E-state index is -0.939. The lowest BCUT2D eigenvalue weighted by Crippen LogP contribution is -2.30. The molecule has 3 aromatic carbocycles. The fourth-order valence-electron chi connectivity index (χ4n) is 4.74. The number of aryl methyl sites for hydroxylation is 1. The fraction of sp³-hybridized carbons (Fsp3) is 0.241. The Kier molecular flexibility index (Phi) is 6.48. The number of aliphatic hydroxyl groups is 1. The van der Waals surface area contributed by atoms with Crippen LogP contribution in [0.25, 0.3) is 5.76 Å². The maximum Gasteiger partial charge on any atom is 0.300 e. The number of methoxy groups -OCH3 is 1. The Hall–Kier alpha value is -4.46. The van der Waals surface area contributed by atoms with E-state index in [4.69, 9.17) is 18.9 Å². The fourth-order valence-corrected chi connectivity index (χ4v) is 4.74. The number of anilines is 1. The monoisotopic (exact) mass is 501 g/mol. The quantitative estimate of drug-likeness (QED) is 0.295. The molecule has 2 heterocycles. The summed E-state index contributed by atoms with van der Waals surface area (Å²) in [6.45, 7) is 5.05. The van der Waals surface area contributed by atoms with Crippen LogP contribution in [0.4, 0.5) is 5.69 Å². The average Bonchev–Trinajstić information content (AvgIpc) is 3.19. The SMILES string of the molecule is CCOc1ccc(/C(O)=C2\C(=O)C(=O)N(c3ccc4c(c3)OCCO4)C2c2ccccc2OC)cc1C. The Morgan fingerprint density at radius 3 is 2.49 bits per heavy atom. The van der Waals surface area contributed by atoms with Gasteiger partial charge >= 0.3 is 0 Å². The molecular weight excluding hydrogens is 474 g/mol. The molecule has 1 N–H and O–H groups in total. The van der Waals surface area contributed by atoms with Crippen LogP contribution >= 0.6 is 0 Å². The zero-order chi connectivity index (χ0) is 26.1. The molecule has 5 rings (SSSR count). The van der Waals surface area contributed by atoms with Gasteiger partial charge in [0.2, 0.25) is 0 Å². The van der Waals surface area contributed by atoms with Gasteiger partial charge in [0.15, 0.2) is 11.5 Å². The third-order valence-corrected chi connectivity index (χ3v) is 6.43. The number of amides is 1. The van der Waals surface area contributed by atoms with E-state index in [-0.39, 0.29) is 11.3 Å². The van der Waals surface area contributed by atoms with E-state index in [1.54, 1.807) is 60.7 Å². The molecule has 1 fully saturated rings. The van der Waals surface area contributed by atoms with E-state index in [9.17, 15) is 14.7 Å². The zero-order valence-corrected chi connectivity index (χ0v) is 20.8. The number of Topliss-reactive ketones (excluding diaryl/α,β-unsaturated/α-hetero) is 1. The third kappa shape index (κ3) is 4.24. The van der Waals surface area contributed by atoms with Gasteiger partial charge in [-0.15, -0.1) is 0 Å². The van der Waals surface area contributed by atoms with Crippen molar-refractivity contribution in [3.8, 4) is 23.0 Å². The van der Waals surface area contributed by atoms with Gasteiger partial charge in [-0.2, -0.15) is 0 Å². The summed E-state index contributed by atoms with van der Waals surface area (Å²) in [5.74, 6) is 0.353. The van der Waals surface area contributed by atoms with E-state index in [2.05, 4.69) is 0 Å². The van der Waals surface area contributed by atoms with Crippen molar-refractivity contribution in [1.29, 1.82) is 0 Å². The first kappa shape index (κ1) is 24.2. The van der Waals surface area contributed by atoms with Gasteiger partial charge in [-0.25, -0.2) is 0 Å². The van der Waals surface area contributed by atoms with Crippen molar-refractivity contribution in [2.24, 2.45) is 0 Å². The number of rotatable bonds is 6. The highest BCUT2D eigenvalue weighted by atomic mass is 16.6. The molecule has 1 unspecified atom stereocenters. The summed E-state index contributed by atoms with van der Waals surface area (Å²) in [6, 6.07) is 16.4. The van der Waals surface area contributed by atoms with E-state index in [0.29, 0.717) is 59.6 Å². The molecule has 1 amide bonds. The van der Waals surface area contributed by atoms with Gasteiger partial charge in [0.25, 0.3) is 11.7 Å². The number of aliphatic hydroxyl groups excluding tert-OH is 1. The van der Waals surface area contributed by atoms with Crippen molar-refractivity contribution in [2.75, 3.05) is 31.8 Å². The van der Waals surface area contributed by atoms with E-state index in [0.717, 1.165) is 5.56 Å². The summed E-state index contributed by atoms with van der Waals surface area (Å²) in [5, 5.41) is 11.5. The lowest BCUT2D eigenvalue weighted by atomic mass is 9.94. The van der Waals surface area contributed by atoms with Crippen LogP contribution in [0.15, 0.2) is 66.2 Å². The predicted octanol–water partition coefficient (Wildman–Crippen LogP) is 4.80. The standard InChI is InChI=1S/C29H27NO7/c1-4-35-21-11-9-18(15-17(21)2)27(31)25-26(20-7-5-6-8-22(20)34-3)30(29(33)28(25)32)19-10-12-23-24(16-19)37-14-13-36-23/h5-12,15-16,26,31H,4,13-14H2,1-3H3/b27-25+. The van der Waals surface area contributed by atoms with E-state index >= 15 is 0 Å². The molecule has 8 heteroatoms. The molecule has 2 aliphatic heterocycles. The number of para-hydroxylation sites is 1. The summed E-state index contributed by atoms with van der Waals surface area (Å²) >= 11 is 0. The molecule has 1 atom stereocenters. The number of benzene rings is 3. The lowest BCUT2D eigenvalue weighted by molar-refractivity contribution is -0.132. The van der Waals surface area contributed by atoms with Gasteiger partial charge in [0, 0.05) is 22.9 Å². The van der Waals surface area contributed by atoms with Gasteiger partial charge in [-0.3, -0.25) is 14.5 Å². The first-order chi connectivity index (χ1) is 17.9. The van der Waals surface area contributed by atoms with Crippen LogP contribution < -0.4 is 23.8 Å². The molecule has 0 radical (unpaired) electrons. The first-order valence-electron chi connectivity index (χ1n) is 12.0. The molecule has 8 nitrogen and oxygen atoms in total. The second-order valence-electron chi connectivity index (χ2n) is 8.65. The molecule has 0 aromatic heterocycles. The first-order valence-corrected chi connectivity index (χ1v) is 12.0. The van der Waals surface area contributed by atoms with Crippen LogP contribution in [0.1, 0.15) is 29.7 Å². The van der Waals surface area contributed by atoms with Crippen LogP contribution in [-0.2, 0) is 9.59 Å². The molecule has 0 aliphatic carbocycles. The third-order valence-electron chi connectivity index (χ3n) is 6.43. The number of ketones is 1. The predicted molar refractivity (Wildman–Crippen MR) is 138 cm³/mol. The van der Waals surface area contributed by atoms with Crippen LogP contribution in [0.2, 0.25) is 0 Å². The summed E-state index contributed by atoms with van der Waals surface area (Å²) in [5.41, 5.74) is 2.15. The Morgan fingerprint density at radius 2 is 1.76 bits per heavy atom. The largest absolute Gasteiger partial charge is 0.507 e. The minimum absolute atomic E-state index is 0.0343. The van der Waals surface area contributed by atoms with Crippen molar-refractivity contribution in [2.45, 2.75) is 19.9 Å². The molecule has 190 valence electrons. The van der Waals surface area contributed by atoms with Gasteiger partial charge < -0.3 is 24.1 Å². The highest BCUT2D eigenvalue weighted by Gasteiger charge is 2.48. The molecule has 1 saturated heterocycles. The van der Waals surface area contributed by atoms with Crippen molar-refractivity contribution >= 4 is 23.1 Å². The number of carbonyl (C=O) groups is 2. The molecule has 0 bridgehead atoms. The van der Waals surface area contributed by atoms with Gasteiger partial charge in [0.05, 0.1) is 25.3 Å². The molecule has 0 saturated carbocycles. The van der Waals surface area contributed by atoms with Gasteiger partial charge in [-0.05, 0) is 55.8 Å². The highest BCUT2D eigenvalue weighted by molar-refractivity contribution is 6.51. The second-order valence-corrected chi connectivity index (χ2v) is 8.65.